The summed E-state index contributed by atoms with van der Waals surface area (Å²) in [5.74, 6) is 1.37. The quantitative estimate of drug-likeness (QED) is 0.907. The van der Waals surface area contributed by atoms with Crippen LogP contribution < -0.4 is 15.2 Å². The molecule has 19 heavy (non-hydrogen) atoms. The van der Waals surface area contributed by atoms with Crippen molar-refractivity contribution < 1.29 is 9.47 Å². The molecule has 0 bridgehead atoms. The number of methoxy groups -OCH3 is 1. The smallest absolute Gasteiger partial charge is 0.240 e. The first-order valence-electron chi connectivity index (χ1n) is 5.67. The molecule has 0 amide bonds. The second kappa shape index (κ2) is 5.74. The van der Waals surface area contributed by atoms with Gasteiger partial charge in [-0.15, -0.1) is 0 Å². The molecular formula is C14H13N3O2. The lowest BCUT2D eigenvalue weighted by atomic mass is 10.2. The number of nitrogens with two attached hydrogens (primary N) is 1. The van der Waals surface area contributed by atoms with Crippen LogP contribution >= 0.6 is 0 Å². The normalized spacial score (nSPS) is 9.68. The van der Waals surface area contributed by atoms with Crippen molar-refractivity contribution in [1.29, 1.82) is 5.26 Å². The highest BCUT2D eigenvalue weighted by atomic mass is 16.5. The van der Waals surface area contributed by atoms with Crippen LogP contribution in [0.3, 0.4) is 0 Å². The molecule has 5 heteroatoms. The number of nitriles is 1. The van der Waals surface area contributed by atoms with E-state index in [2.05, 4.69) is 11.1 Å². The Balaban J connectivity index is 2.14. The molecule has 0 aliphatic heterocycles. The number of hydrogen-bond donors (Lipinski definition) is 1. The van der Waals surface area contributed by atoms with Gasteiger partial charge in [0.1, 0.15) is 5.75 Å². The molecule has 2 aromatic rings. The molecule has 0 saturated heterocycles. The van der Waals surface area contributed by atoms with E-state index in [1.165, 1.54) is 7.11 Å². The molecule has 96 valence electrons. The second-order valence-electron chi connectivity index (χ2n) is 3.83. The molecule has 0 unspecified atom stereocenters. The molecule has 1 aromatic heterocycles. The Morgan fingerprint density at radius 2 is 1.95 bits per heavy atom. The van der Waals surface area contributed by atoms with Gasteiger partial charge >= 0.3 is 0 Å². The number of ether oxygens (including phenoxy) is 2. The van der Waals surface area contributed by atoms with Gasteiger partial charge in [0.2, 0.25) is 11.8 Å². The monoisotopic (exact) mass is 255 g/mol. The van der Waals surface area contributed by atoms with E-state index >= 15 is 0 Å². The molecule has 0 radical (unpaired) electrons. The van der Waals surface area contributed by atoms with Gasteiger partial charge < -0.3 is 15.2 Å². The second-order valence-corrected chi connectivity index (χ2v) is 3.83. The van der Waals surface area contributed by atoms with Crippen molar-refractivity contribution >= 4 is 5.69 Å². The lowest BCUT2D eigenvalue weighted by Crippen LogP contribution is -1.97. The highest BCUT2D eigenvalue weighted by molar-refractivity contribution is 5.49. The Hall–Kier alpha value is -2.74. The molecule has 5 nitrogen and oxygen atoms in total. The molecule has 0 saturated carbocycles. The summed E-state index contributed by atoms with van der Waals surface area (Å²) in [6, 6.07) is 12.7. The van der Waals surface area contributed by atoms with Crippen LogP contribution in [0.5, 0.6) is 17.5 Å². The summed E-state index contributed by atoms with van der Waals surface area (Å²) in [6.45, 7) is 0. The maximum Gasteiger partial charge on any atom is 0.240 e. The summed E-state index contributed by atoms with van der Waals surface area (Å²) in [5, 5.41) is 8.59. The largest absolute Gasteiger partial charge is 0.479 e. The van der Waals surface area contributed by atoms with Gasteiger partial charge in [-0.3, -0.25) is 0 Å². The van der Waals surface area contributed by atoms with Gasteiger partial charge in [0.05, 0.1) is 25.3 Å². The van der Waals surface area contributed by atoms with Crippen molar-refractivity contribution in [2.75, 3.05) is 12.8 Å². The van der Waals surface area contributed by atoms with Crippen LogP contribution in [0, 0.1) is 11.3 Å². The standard InChI is InChI=1S/C14H13N3O2/c1-18-14-12(16)6-7-13(17-14)19-11-4-2-10(3-5-11)8-9-15/h2-7H,8,16H2,1H3. The first-order valence-corrected chi connectivity index (χ1v) is 5.67. The highest BCUT2D eigenvalue weighted by Gasteiger charge is 2.05. The predicted octanol–water partition coefficient (Wildman–Crippen LogP) is 2.53. The highest BCUT2D eigenvalue weighted by Crippen LogP contribution is 2.25. The van der Waals surface area contributed by atoms with Crippen molar-refractivity contribution in [3.8, 4) is 23.6 Å². The van der Waals surface area contributed by atoms with Gasteiger partial charge in [0, 0.05) is 6.07 Å². The van der Waals surface area contributed by atoms with Crippen molar-refractivity contribution in [2.45, 2.75) is 6.42 Å². The van der Waals surface area contributed by atoms with Crippen LogP contribution in [0.15, 0.2) is 36.4 Å². The lowest BCUT2D eigenvalue weighted by Gasteiger charge is -2.08. The number of nitrogen functional groups attached to an aromatic ring is 1. The average molecular weight is 255 g/mol. The minimum Gasteiger partial charge on any atom is -0.479 e. The maximum absolute atomic E-state index is 8.59. The van der Waals surface area contributed by atoms with Crippen LogP contribution in [-0.2, 0) is 6.42 Å². The van der Waals surface area contributed by atoms with Crippen LogP contribution in [0.4, 0.5) is 5.69 Å². The molecule has 1 heterocycles. The number of hydrogen-bond acceptors (Lipinski definition) is 5. The number of nitrogens with zero attached hydrogens (tertiary/aromatic N) is 2. The van der Waals surface area contributed by atoms with E-state index in [1.54, 1.807) is 24.3 Å². The summed E-state index contributed by atoms with van der Waals surface area (Å²) >= 11 is 0. The molecule has 2 N–H and O–H groups in total. The Labute approximate surface area is 111 Å². The summed E-state index contributed by atoms with van der Waals surface area (Å²) < 4.78 is 10.6. The van der Waals surface area contributed by atoms with E-state index in [0.717, 1.165) is 5.56 Å². The fourth-order valence-electron chi connectivity index (χ4n) is 1.54. The first kappa shape index (κ1) is 12.7. The number of benzene rings is 1. The topological polar surface area (TPSA) is 81.2 Å². The molecule has 0 atom stereocenters. The third-order valence-corrected chi connectivity index (χ3v) is 2.49. The van der Waals surface area contributed by atoms with Crippen LogP contribution in [0.1, 0.15) is 5.56 Å². The fourth-order valence-corrected chi connectivity index (χ4v) is 1.54. The zero-order valence-electron chi connectivity index (χ0n) is 10.5. The molecule has 0 aliphatic rings. The third-order valence-electron chi connectivity index (χ3n) is 2.49. The van der Waals surface area contributed by atoms with Crippen molar-refractivity contribution in [2.24, 2.45) is 0 Å². The minimum atomic E-state index is 0.332. The number of rotatable bonds is 4. The lowest BCUT2D eigenvalue weighted by molar-refractivity contribution is 0.385. The van der Waals surface area contributed by atoms with Gasteiger partial charge in [0.25, 0.3) is 0 Å². The number of anilines is 1. The third kappa shape index (κ3) is 3.13. The van der Waals surface area contributed by atoms with E-state index in [1.807, 2.05) is 12.1 Å². The molecule has 1 aromatic carbocycles. The van der Waals surface area contributed by atoms with Gasteiger partial charge in [-0.1, -0.05) is 12.1 Å². The Morgan fingerprint density at radius 3 is 2.58 bits per heavy atom. The molecule has 0 fully saturated rings. The maximum atomic E-state index is 8.59. The van der Waals surface area contributed by atoms with Gasteiger partial charge in [0.15, 0.2) is 0 Å². The SMILES string of the molecule is COc1nc(Oc2ccc(CC#N)cc2)ccc1N. The van der Waals surface area contributed by atoms with Gasteiger partial charge in [-0.25, -0.2) is 0 Å². The average Bonchev–Trinajstić information content (AvgIpc) is 2.43. The van der Waals surface area contributed by atoms with Crippen molar-refractivity contribution in [3.63, 3.8) is 0 Å². The van der Waals surface area contributed by atoms with E-state index < -0.39 is 0 Å². The fraction of sp³-hybridized carbons (Fsp3) is 0.143. The Bertz CT molecular complexity index is 603. The summed E-state index contributed by atoms with van der Waals surface area (Å²) in [6.07, 6.45) is 0.383. The summed E-state index contributed by atoms with van der Waals surface area (Å²) in [7, 11) is 1.50. The van der Waals surface area contributed by atoms with Gasteiger partial charge in [-0.05, 0) is 23.8 Å². The number of aromatic nitrogens is 1. The van der Waals surface area contributed by atoms with E-state index in [0.29, 0.717) is 29.6 Å². The van der Waals surface area contributed by atoms with Crippen molar-refractivity contribution in [1.82, 2.24) is 4.98 Å². The predicted molar refractivity (Wildman–Crippen MR) is 71.0 cm³/mol. The molecule has 0 spiro atoms. The first-order chi connectivity index (χ1) is 9.22. The zero-order chi connectivity index (χ0) is 13.7. The minimum absolute atomic E-state index is 0.332. The zero-order valence-corrected chi connectivity index (χ0v) is 10.5. The molecule has 2 rings (SSSR count). The van der Waals surface area contributed by atoms with Crippen molar-refractivity contribution in [3.05, 3.63) is 42.0 Å². The molecular weight excluding hydrogens is 242 g/mol. The Kier molecular flexibility index (Phi) is 3.84. The Morgan fingerprint density at radius 1 is 1.21 bits per heavy atom. The van der Waals surface area contributed by atoms with Crippen LogP contribution in [-0.4, -0.2) is 12.1 Å². The van der Waals surface area contributed by atoms with E-state index in [4.69, 9.17) is 20.5 Å². The molecule has 0 aliphatic carbocycles. The number of pyridine rings is 1. The van der Waals surface area contributed by atoms with Crippen LogP contribution in [0.2, 0.25) is 0 Å². The summed E-state index contributed by atoms with van der Waals surface area (Å²) in [4.78, 5) is 4.12. The van der Waals surface area contributed by atoms with Crippen LogP contribution in [0.25, 0.3) is 0 Å². The summed E-state index contributed by atoms with van der Waals surface area (Å²) in [5.41, 5.74) is 7.07. The van der Waals surface area contributed by atoms with E-state index in [9.17, 15) is 0 Å². The van der Waals surface area contributed by atoms with Gasteiger partial charge in [-0.2, -0.15) is 10.2 Å². The van der Waals surface area contributed by atoms with E-state index in [-0.39, 0.29) is 0 Å².